The summed E-state index contributed by atoms with van der Waals surface area (Å²) >= 11 is 1.83. The van der Waals surface area contributed by atoms with Gasteiger partial charge in [-0.2, -0.15) is 0 Å². The molecule has 1 heterocycles. The van der Waals surface area contributed by atoms with Crippen molar-refractivity contribution in [1.29, 1.82) is 0 Å². The van der Waals surface area contributed by atoms with E-state index in [1.54, 1.807) is 0 Å². The van der Waals surface area contributed by atoms with Gasteiger partial charge in [0, 0.05) is 29.6 Å². The monoisotopic (exact) mass is 238 g/mol. The highest BCUT2D eigenvalue weighted by Crippen LogP contribution is 2.41. The molecule has 3 rings (SSSR count). The normalized spacial score (nSPS) is 29.8. The SMILES string of the molecule is OC1CCCC1NCc1cnc(C2CC2)s1. The molecule has 3 nitrogen and oxygen atoms in total. The van der Waals surface area contributed by atoms with Crippen LogP contribution in [0.4, 0.5) is 0 Å². The summed E-state index contributed by atoms with van der Waals surface area (Å²) in [4.78, 5) is 5.76. The molecule has 16 heavy (non-hydrogen) atoms. The molecule has 2 aliphatic carbocycles. The van der Waals surface area contributed by atoms with Crippen molar-refractivity contribution in [2.24, 2.45) is 0 Å². The summed E-state index contributed by atoms with van der Waals surface area (Å²) in [6.07, 6.45) is 7.70. The summed E-state index contributed by atoms with van der Waals surface area (Å²) in [5.41, 5.74) is 0. The molecule has 4 heteroatoms. The van der Waals surface area contributed by atoms with Crippen molar-refractivity contribution in [1.82, 2.24) is 10.3 Å². The molecule has 0 spiro atoms. The van der Waals surface area contributed by atoms with E-state index >= 15 is 0 Å². The van der Waals surface area contributed by atoms with E-state index in [0.29, 0.717) is 6.04 Å². The number of rotatable bonds is 4. The first-order valence-electron chi connectivity index (χ1n) is 6.19. The van der Waals surface area contributed by atoms with Crippen LogP contribution >= 0.6 is 11.3 Å². The number of aliphatic hydroxyl groups excluding tert-OH is 1. The zero-order valence-corrected chi connectivity index (χ0v) is 10.2. The lowest BCUT2D eigenvalue weighted by atomic mass is 10.2. The lowest BCUT2D eigenvalue weighted by Gasteiger charge is -2.15. The number of hydrogen-bond donors (Lipinski definition) is 2. The summed E-state index contributed by atoms with van der Waals surface area (Å²) in [5.74, 6) is 0.760. The topological polar surface area (TPSA) is 45.1 Å². The second kappa shape index (κ2) is 4.43. The van der Waals surface area contributed by atoms with E-state index in [1.165, 1.54) is 22.7 Å². The third kappa shape index (κ3) is 2.29. The fraction of sp³-hybridized carbons (Fsp3) is 0.750. The highest BCUT2D eigenvalue weighted by Gasteiger charge is 2.27. The van der Waals surface area contributed by atoms with Crippen LogP contribution in [0.15, 0.2) is 6.20 Å². The summed E-state index contributed by atoms with van der Waals surface area (Å²) in [6, 6.07) is 0.298. The standard InChI is InChI=1S/C12H18N2OS/c15-11-3-1-2-10(11)13-6-9-7-14-12(16-9)8-4-5-8/h7-8,10-11,13,15H,1-6H2. The van der Waals surface area contributed by atoms with Crippen molar-refractivity contribution in [3.8, 4) is 0 Å². The minimum Gasteiger partial charge on any atom is -0.392 e. The smallest absolute Gasteiger partial charge is 0.0959 e. The first-order chi connectivity index (χ1) is 7.83. The number of nitrogens with zero attached hydrogens (tertiary/aromatic N) is 1. The summed E-state index contributed by atoms with van der Waals surface area (Å²) < 4.78 is 0. The molecule has 0 bridgehead atoms. The number of hydrogen-bond acceptors (Lipinski definition) is 4. The van der Waals surface area contributed by atoms with Crippen molar-refractivity contribution >= 4 is 11.3 Å². The molecular weight excluding hydrogens is 220 g/mol. The van der Waals surface area contributed by atoms with Gasteiger partial charge in [-0.1, -0.05) is 0 Å². The largest absolute Gasteiger partial charge is 0.392 e. The summed E-state index contributed by atoms with van der Waals surface area (Å²) in [6.45, 7) is 0.867. The molecule has 0 radical (unpaired) electrons. The molecule has 0 saturated heterocycles. The van der Waals surface area contributed by atoms with E-state index in [-0.39, 0.29) is 6.10 Å². The second-order valence-electron chi connectivity index (χ2n) is 4.92. The maximum absolute atomic E-state index is 9.70. The molecule has 1 aromatic rings. The third-order valence-corrected chi connectivity index (χ3v) is 4.68. The van der Waals surface area contributed by atoms with Crippen LogP contribution in [0.5, 0.6) is 0 Å². The van der Waals surface area contributed by atoms with Crippen molar-refractivity contribution in [3.63, 3.8) is 0 Å². The van der Waals surface area contributed by atoms with E-state index in [2.05, 4.69) is 10.3 Å². The Hall–Kier alpha value is -0.450. The average Bonchev–Trinajstić information content (AvgIpc) is 2.89. The number of thiazole rings is 1. The second-order valence-corrected chi connectivity index (χ2v) is 6.07. The van der Waals surface area contributed by atoms with Gasteiger partial charge in [0.15, 0.2) is 0 Å². The molecule has 0 aliphatic heterocycles. The molecule has 88 valence electrons. The molecule has 0 aromatic carbocycles. The van der Waals surface area contributed by atoms with Gasteiger partial charge < -0.3 is 10.4 Å². The van der Waals surface area contributed by atoms with E-state index < -0.39 is 0 Å². The first-order valence-corrected chi connectivity index (χ1v) is 7.00. The Morgan fingerprint density at radius 1 is 1.38 bits per heavy atom. The number of aromatic nitrogens is 1. The quantitative estimate of drug-likeness (QED) is 0.843. The van der Waals surface area contributed by atoms with Gasteiger partial charge in [-0.05, 0) is 32.1 Å². The molecule has 0 amide bonds. The van der Waals surface area contributed by atoms with Gasteiger partial charge >= 0.3 is 0 Å². The lowest BCUT2D eigenvalue weighted by molar-refractivity contribution is 0.149. The van der Waals surface area contributed by atoms with Crippen LogP contribution < -0.4 is 5.32 Å². The molecule has 2 unspecified atom stereocenters. The van der Waals surface area contributed by atoms with Gasteiger partial charge in [-0.3, -0.25) is 0 Å². The Labute approximate surface area is 99.9 Å². The molecule has 2 fully saturated rings. The summed E-state index contributed by atoms with van der Waals surface area (Å²) in [5, 5.41) is 14.4. The third-order valence-electron chi connectivity index (χ3n) is 3.52. The van der Waals surface area contributed by atoms with Gasteiger partial charge in [0.25, 0.3) is 0 Å². The van der Waals surface area contributed by atoms with Crippen LogP contribution in [-0.4, -0.2) is 22.2 Å². The number of nitrogens with one attached hydrogen (secondary N) is 1. The van der Waals surface area contributed by atoms with Crippen LogP contribution in [0.1, 0.15) is 47.9 Å². The fourth-order valence-electron chi connectivity index (χ4n) is 2.33. The van der Waals surface area contributed by atoms with Crippen molar-refractivity contribution < 1.29 is 5.11 Å². The lowest BCUT2D eigenvalue weighted by Crippen LogP contribution is -2.34. The van der Waals surface area contributed by atoms with Crippen LogP contribution in [0, 0.1) is 0 Å². The summed E-state index contributed by atoms with van der Waals surface area (Å²) in [7, 11) is 0. The number of aliphatic hydroxyl groups is 1. The Bertz CT molecular complexity index is 362. The van der Waals surface area contributed by atoms with Crippen molar-refractivity contribution in [2.45, 2.75) is 56.7 Å². The van der Waals surface area contributed by atoms with Crippen LogP contribution in [0.3, 0.4) is 0 Å². The van der Waals surface area contributed by atoms with Crippen LogP contribution in [-0.2, 0) is 6.54 Å². The van der Waals surface area contributed by atoms with E-state index in [0.717, 1.165) is 31.7 Å². The van der Waals surface area contributed by atoms with Crippen LogP contribution in [0.25, 0.3) is 0 Å². The average molecular weight is 238 g/mol. The molecule has 2 N–H and O–H groups in total. The molecule has 1 aromatic heterocycles. The van der Waals surface area contributed by atoms with Crippen molar-refractivity contribution in [3.05, 3.63) is 16.1 Å². The maximum atomic E-state index is 9.70. The van der Waals surface area contributed by atoms with Crippen molar-refractivity contribution in [2.75, 3.05) is 0 Å². The molecule has 2 saturated carbocycles. The van der Waals surface area contributed by atoms with Crippen LogP contribution in [0.2, 0.25) is 0 Å². The van der Waals surface area contributed by atoms with Gasteiger partial charge in [-0.25, -0.2) is 4.98 Å². The minimum absolute atomic E-state index is 0.143. The highest BCUT2D eigenvalue weighted by atomic mass is 32.1. The Morgan fingerprint density at radius 3 is 2.94 bits per heavy atom. The predicted molar refractivity (Wildman–Crippen MR) is 64.6 cm³/mol. The minimum atomic E-state index is -0.143. The van der Waals surface area contributed by atoms with Gasteiger partial charge in [0.1, 0.15) is 0 Å². The zero-order chi connectivity index (χ0) is 11.0. The molecule has 2 aliphatic rings. The van der Waals surface area contributed by atoms with Gasteiger partial charge in [-0.15, -0.1) is 11.3 Å². The Kier molecular flexibility index (Phi) is 2.96. The Balaban J connectivity index is 1.53. The highest BCUT2D eigenvalue weighted by molar-refractivity contribution is 7.11. The van der Waals surface area contributed by atoms with Gasteiger partial charge in [0.05, 0.1) is 11.1 Å². The first kappa shape index (κ1) is 10.7. The zero-order valence-electron chi connectivity index (χ0n) is 9.35. The molecule has 2 atom stereocenters. The van der Waals surface area contributed by atoms with Gasteiger partial charge in [0.2, 0.25) is 0 Å². The maximum Gasteiger partial charge on any atom is 0.0959 e. The fourth-order valence-corrected chi connectivity index (χ4v) is 3.37. The predicted octanol–water partition coefficient (Wildman–Crippen LogP) is 2.02. The van der Waals surface area contributed by atoms with E-state index in [1.807, 2.05) is 17.5 Å². The molecular formula is C12H18N2OS. The van der Waals surface area contributed by atoms with E-state index in [9.17, 15) is 5.11 Å². The van der Waals surface area contributed by atoms with E-state index in [4.69, 9.17) is 0 Å². The Morgan fingerprint density at radius 2 is 2.25 bits per heavy atom.